The Kier molecular flexibility index (Phi) is 11.7. The Labute approximate surface area is 334 Å². The summed E-state index contributed by atoms with van der Waals surface area (Å²) in [4.78, 5) is 82.3. The predicted octanol–water partition coefficient (Wildman–Crippen LogP) is 4.47. The van der Waals surface area contributed by atoms with Crippen LogP contribution < -0.4 is 10.6 Å². The smallest absolute Gasteiger partial charge is 0.250 e. The minimum atomic E-state index is -0.856. The number of aliphatic hydroxyl groups is 1. The molecule has 5 aromatic rings. The number of ketones is 1. The van der Waals surface area contributed by atoms with Crippen molar-refractivity contribution in [3.8, 4) is 21.8 Å². The van der Waals surface area contributed by atoms with Gasteiger partial charge in [0.1, 0.15) is 39.9 Å². The van der Waals surface area contributed by atoms with Crippen LogP contribution in [0.4, 0.5) is 0 Å². The summed E-state index contributed by atoms with van der Waals surface area (Å²) in [6, 6.07) is 16.7. The molecule has 2 aliphatic rings. The first-order chi connectivity index (χ1) is 27.4. The Balaban J connectivity index is 1.01. The molecular formula is C42H48N8O6S. The molecule has 0 saturated carbocycles. The van der Waals surface area contributed by atoms with Crippen molar-refractivity contribution in [3.63, 3.8) is 0 Å². The van der Waals surface area contributed by atoms with Gasteiger partial charge in [-0.05, 0) is 48.8 Å². The number of benzene rings is 2. The number of aryl methyl sites for hydroxylation is 1. The first-order valence-corrected chi connectivity index (χ1v) is 20.2. The number of fused-ring (bicyclic) bond motifs is 1. The van der Waals surface area contributed by atoms with E-state index in [-0.39, 0.29) is 41.9 Å². The van der Waals surface area contributed by atoms with Crippen molar-refractivity contribution >= 4 is 51.1 Å². The SMILES string of the molecule is CC(=O)N[C@@H](C(=O)N1CCC[C@H]1C(=O)Cc1cc2nc(-c3ccc(-c4cnc([C@@H]5CCCN5C(=O)[C@@H](NC(=O)CO)C(C)C)[nH]4)cc3)sc2n1C)c1ccccc1. The lowest BCUT2D eigenvalue weighted by molar-refractivity contribution is -0.140. The fourth-order valence-corrected chi connectivity index (χ4v) is 9.02. The van der Waals surface area contributed by atoms with Crippen LogP contribution in [0.2, 0.25) is 0 Å². The van der Waals surface area contributed by atoms with E-state index in [1.165, 1.54) is 6.92 Å². The number of H-pyrrole nitrogens is 1. The van der Waals surface area contributed by atoms with Crippen LogP contribution in [0.3, 0.4) is 0 Å². The van der Waals surface area contributed by atoms with Gasteiger partial charge in [0.2, 0.25) is 23.6 Å². The number of carbonyl (C=O) groups is 5. The van der Waals surface area contributed by atoms with Crippen molar-refractivity contribution in [2.24, 2.45) is 13.0 Å². The van der Waals surface area contributed by atoms with Gasteiger partial charge < -0.3 is 35.1 Å². The van der Waals surface area contributed by atoms with Crippen LogP contribution in [0, 0.1) is 5.92 Å². The van der Waals surface area contributed by atoms with E-state index in [0.717, 1.165) is 50.7 Å². The summed E-state index contributed by atoms with van der Waals surface area (Å²) in [7, 11) is 1.93. The number of nitrogens with zero attached hydrogens (tertiary/aromatic N) is 5. The zero-order valence-electron chi connectivity index (χ0n) is 32.5. The maximum Gasteiger partial charge on any atom is 0.250 e. The monoisotopic (exact) mass is 792 g/mol. The van der Waals surface area contributed by atoms with Crippen molar-refractivity contribution in [1.82, 2.24) is 40.0 Å². The second-order valence-electron chi connectivity index (χ2n) is 15.2. The van der Waals surface area contributed by atoms with Gasteiger partial charge in [-0.25, -0.2) is 9.97 Å². The van der Waals surface area contributed by atoms with Gasteiger partial charge in [-0.1, -0.05) is 79.8 Å². The highest BCUT2D eigenvalue weighted by molar-refractivity contribution is 7.21. The molecule has 2 fully saturated rings. The molecule has 298 valence electrons. The molecule has 3 aromatic heterocycles. The van der Waals surface area contributed by atoms with Crippen LogP contribution in [-0.4, -0.2) is 95.6 Å². The predicted molar refractivity (Wildman–Crippen MR) is 216 cm³/mol. The molecule has 14 nitrogen and oxygen atoms in total. The third-order valence-corrected chi connectivity index (χ3v) is 12.1. The van der Waals surface area contributed by atoms with Crippen molar-refractivity contribution in [1.29, 1.82) is 0 Å². The van der Waals surface area contributed by atoms with Crippen molar-refractivity contribution in [3.05, 3.63) is 83.9 Å². The third kappa shape index (κ3) is 8.26. The van der Waals surface area contributed by atoms with Gasteiger partial charge in [-0.15, -0.1) is 0 Å². The Bertz CT molecular complexity index is 2280. The van der Waals surface area contributed by atoms with E-state index in [0.29, 0.717) is 37.3 Å². The average molecular weight is 793 g/mol. The van der Waals surface area contributed by atoms with Crippen LogP contribution in [-0.2, 0) is 37.4 Å². The summed E-state index contributed by atoms with van der Waals surface area (Å²) < 4.78 is 2.00. The first-order valence-electron chi connectivity index (χ1n) is 19.4. The van der Waals surface area contributed by atoms with Crippen LogP contribution >= 0.6 is 11.3 Å². The lowest BCUT2D eigenvalue weighted by atomic mass is 10.0. The molecule has 15 heteroatoms. The van der Waals surface area contributed by atoms with Crippen LogP contribution in [0.15, 0.2) is 66.9 Å². The van der Waals surface area contributed by atoms with Gasteiger partial charge in [0.05, 0.1) is 24.0 Å². The molecule has 57 heavy (non-hydrogen) atoms. The van der Waals surface area contributed by atoms with Crippen LogP contribution in [0.1, 0.15) is 75.6 Å². The summed E-state index contributed by atoms with van der Waals surface area (Å²) in [5.41, 5.74) is 4.99. The molecule has 4 N–H and O–H groups in total. The maximum atomic E-state index is 13.8. The molecule has 0 aliphatic carbocycles. The molecule has 0 spiro atoms. The fourth-order valence-electron chi connectivity index (χ4n) is 7.97. The summed E-state index contributed by atoms with van der Waals surface area (Å²) in [5.74, 6) is -0.858. The normalized spacial score (nSPS) is 17.9. The standard InChI is InChI=1S/C42H48N8O6S/c1-24(2)36(47-35(54)23-51)40(55)50-19-9-13-33(50)38-43-22-31(45-38)26-14-16-28(17-15-26)39-46-30-20-29(48(4)42(30)57-39)21-34(53)32-12-8-18-49(32)41(56)37(44-25(3)52)27-10-6-5-7-11-27/h5-7,10-11,14-17,20,22,24,32-33,36-37,51H,8-9,12-13,18-19,21,23H2,1-4H3,(H,43,45)(H,44,52)(H,47,54)/t32-,33-,36-,37+/m0/s1. The summed E-state index contributed by atoms with van der Waals surface area (Å²) >= 11 is 1.54. The van der Waals surface area contributed by atoms with Gasteiger partial charge >= 0.3 is 0 Å². The molecule has 0 unspecified atom stereocenters. The van der Waals surface area contributed by atoms with E-state index in [1.807, 2.05) is 74.0 Å². The molecule has 0 radical (unpaired) electrons. The van der Waals surface area contributed by atoms with E-state index in [9.17, 15) is 29.1 Å². The molecule has 2 aliphatic heterocycles. The van der Waals surface area contributed by atoms with Gasteiger partial charge in [0.25, 0.3) is 0 Å². The van der Waals surface area contributed by atoms with Crippen LogP contribution in [0.25, 0.3) is 32.2 Å². The molecule has 0 bridgehead atoms. The van der Waals surface area contributed by atoms with Gasteiger partial charge in [0.15, 0.2) is 5.78 Å². The van der Waals surface area contributed by atoms with Crippen molar-refractivity contribution in [2.75, 3.05) is 19.7 Å². The number of likely N-dealkylation sites (tertiary alicyclic amines) is 2. The highest BCUT2D eigenvalue weighted by Crippen LogP contribution is 2.35. The molecular weight excluding hydrogens is 745 g/mol. The number of rotatable bonds is 13. The topological polar surface area (TPSA) is 183 Å². The number of aromatic amines is 1. The molecule has 7 rings (SSSR count). The highest BCUT2D eigenvalue weighted by Gasteiger charge is 2.39. The minimum Gasteiger partial charge on any atom is -0.387 e. The van der Waals surface area contributed by atoms with E-state index < -0.39 is 30.6 Å². The minimum absolute atomic E-state index is 0.0416. The number of thiazole rings is 1. The van der Waals surface area contributed by atoms with Gasteiger partial charge in [0, 0.05) is 44.7 Å². The zero-order chi connectivity index (χ0) is 40.4. The summed E-state index contributed by atoms with van der Waals surface area (Å²) in [6.45, 7) is 5.46. The van der Waals surface area contributed by atoms with E-state index in [4.69, 9.17) is 4.98 Å². The number of aliphatic hydroxyl groups excluding tert-OH is 1. The van der Waals surface area contributed by atoms with Gasteiger partial charge in [-0.2, -0.15) is 0 Å². The Morgan fingerprint density at radius 1 is 0.930 bits per heavy atom. The fraction of sp³-hybridized carbons (Fsp3) is 0.405. The zero-order valence-corrected chi connectivity index (χ0v) is 33.3. The Hall–Kier alpha value is -5.67. The largest absolute Gasteiger partial charge is 0.387 e. The maximum absolute atomic E-state index is 13.8. The number of carbonyl (C=O) groups excluding carboxylic acids is 5. The third-order valence-electron chi connectivity index (χ3n) is 10.9. The lowest BCUT2D eigenvalue weighted by Crippen LogP contribution is -2.51. The number of nitrogens with one attached hydrogen (secondary N) is 3. The number of hydrogen-bond acceptors (Lipinski definition) is 9. The summed E-state index contributed by atoms with van der Waals surface area (Å²) in [5, 5.41) is 15.5. The second-order valence-corrected chi connectivity index (χ2v) is 16.2. The molecule has 2 aromatic carbocycles. The number of amides is 4. The van der Waals surface area contributed by atoms with E-state index in [2.05, 4.69) is 20.6 Å². The second kappa shape index (κ2) is 16.8. The molecule has 5 heterocycles. The Morgan fingerprint density at radius 3 is 2.32 bits per heavy atom. The Morgan fingerprint density at radius 2 is 1.63 bits per heavy atom. The quantitative estimate of drug-likeness (QED) is 0.135. The van der Waals surface area contributed by atoms with Crippen molar-refractivity contribution < 1.29 is 29.1 Å². The first kappa shape index (κ1) is 39.6. The van der Waals surface area contributed by atoms with E-state index in [1.54, 1.807) is 39.5 Å². The molecule has 4 atom stereocenters. The van der Waals surface area contributed by atoms with Crippen LogP contribution in [0.5, 0.6) is 0 Å². The lowest BCUT2D eigenvalue weighted by Gasteiger charge is -2.30. The number of aromatic nitrogens is 4. The average Bonchev–Trinajstić information content (AvgIpc) is 4.06. The van der Waals surface area contributed by atoms with E-state index >= 15 is 0 Å². The highest BCUT2D eigenvalue weighted by atomic mass is 32.1. The number of imidazole rings is 1. The van der Waals surface area contributed by atoms with Crippen molar-refractivity contribution in [2.45, 2.75) is 77.0 Å². The number of Topliss-reactive ketones (excluding diaryl/α,β-unsaturated/α-hetero) is 1. The molecule has 4 amide bonds. The van der Waals surface area contributed by atoms with Gasteiger partial charge in [-0.3, -0.25) is 24.0 Å². The molecule has 2 saturated heterocycles. The number of hydrogen-bond donors (Lipinski definition) is 4. The summed E-state index contributed by atoms with van der Waals surface area (Å²) in [6.07, 6.45) is 4.78.